The number of alkyl halides is 2. The minimum Gasteiger partial charge on any atom is -0.497 e. The van der Waals surface area contributed by atoms with Gasteiger partial charge in [0.1, 0.15) is 23.9 Å². The Hall–Kier alpha value is -2.89. The number of carbonyl (C=O) groups excluding carboxylic acids is 1. The molecule has 0 aromatic heterocycles. The number of rotatable bonds is 4. The SMILES string of the molecule is COc1ccc2c(c1)C(=O)/C(=C/c1ccc(OC(F)F)cc1)CO2. The maximum absolute atomic E-state index is 12.6. The van der Waals surface area contributed by atoms with Crippen molar-refractivity contribution >= 4 is 11.9 Å². The van der Waals surface area contributed by atoms with E-state index in [2.05, 4.69) is 4.74 Å². The van der Waals surface area contributed by atoms with Crippen molar-refractivity contribution in [1.82, 2.24) is 0 Å². The third kappa shape index (κ3) is 3.37. The monoisotopic (exact) mass is 332 g/mol. The molecule has 0 fully saturated rings. The maximum Gasteiger partial charge on any atom is 0.387 e. The van der Waals surface area contributed by atoms with Gasteiger partial charge in [-0.15, -0.1) is 0 Å². The minimum atomic E-state index is -2.87. The van der Waals surface area contributed by atoms with Gasteiger partial charge in [0.05, 0.1) is 12.7 Å². The quantitative estimate of drug-likeness (QED) is 0.795. The zero-order chi connectivity index (χ0) is 17.1. The van der Waals surface area contributed by atoms with Crippen LogP contribution in [-0.2, 0) is 0 Å². The number of methoxy groups -OCH3 is 1. The van der Waals surface area contributed by atoms with Gasteiger partial charge in [0.25, 0.3) is 0 Å². The molecule has 1 heterocycles. The molecule has 4 nitrogen and oxygen atoms in total. The Morgan fingerprint density at radius 2 is 1.83 bits per heavy atom. The van der Waals surface area contributed by atoms with Gasteiger partial charge in [0.2, 0.25) is 0 Å². The van der Waals surface area contributed by atoms with Crippen molar-refractivity contribution in [2.75, 3.05) is 13.7 Å². The van der Waals surface area contributed by atoms with Gasteiger partial charge in [-0.1, -0.05) is 12.1 Å². The smallest absolute Gasteiger partial charge is 0.387 e. The Labute approximate surface area is 137 Å². The Kier molecular flexibility index (Phi) is 4.46. The van der Waals surface area contributed by atoms with Crippen molar-refractivity contribution < 1.29 is 27.8 Å². The van der Waals surface area contributed by atoms with Crippen molar-refractivity contribution in [1.29, 1.82) is 0 Å². The zero-order valence-corrected chi connectivity index (χ0v) is 12.8. The molecule has 0 bridgehead atoms. The number of halogens is 2. The van der Waals surface area contributed by atoms with Crippen molar-refractivity contribution in [3.8, 4) is 17.2 Å². The van der Waals surface area contributed by atoms with Crippen molar-refractivity contribution in [2.45, 2.75) is 6.61 Å². The molecule has 0 unspecified atom stereocenters. The first kappa shape index (κ1) is 16.0. The van der Waals surface area contributed by atoms with Crippen LogP contribution >= 0.6 is 0 Å². The molecule has 1 aliphatic rings. The average Bonchev–Trinajstić information content (AvgIpc) is 2.58. The highest BCUT2D eigenvalue weighted by molar-refractivity contribution is 6.14. The van der Waals surface area contributed by atoms with Gasteiger partial charge in [0, 0.05) is 5.57 Å². The zero-order valence-electron chi connectivity index (χ0n) is 12.8. The number of ketones is 1. The highest BCUT2D eigenvalue weighted by atomic mass is 19.3. The van der Waals surface area contributed by atoms with Crippen LogP contribution in [0.3, 0.4) is 0 Å². The molecule has 6 heteroatoms. The van der Waals surface area contributed by atoms with E-state index in [9.17, 15) is 13.6 Å². The van der Waals surface area contributed by atoms with Gasteiger partial charge in [0.15, 0.2) is 5.78 Å². The lowest BCUT2D eigenvalue weighted by molar-refractivity contribution is -0.0498. The van der Waals surface area contributed by atoms with Crippen molar-refractivity contribution in [3.05, 3.63) is 59.2 Å². The maximum atomic E-state index is 12.6. The normalized spacial score (nSPS) is 15.2. The molecule has 24 heavy (non-hydrogen) atoms. The summed E-state index contributed by atoms with van der Waals surface area (Å²) < 4.78 is 39.3. The largest absolute Gasteiger partial charge is 0.497 e. The van der Waals surface area contributed by atoms with Gasteiger partial charge >= 0.3 is 6.61 Å². The number of hydrogen-bond donors (Lipinski definition) is 0. The summed E-state index contributed by atoms with van der Waals surface area (Å²) in [6, 6.07) is 11.1. The molecule has 124 valence electrons. The Morgan fingerprint density at radius 3 is 2.50 bits per heavy atom. The van der Waals surface area contributed by atoms with Crippen LogP contribution in [0.1, 0.15) is 15.9 Å². The fourth-order valence-electron chi connectivity index (χ4n) is 2.39. The molecular weight excluding hydrogens is 318 g/mol. The lowest BCUT2D eigenvalue weighted by Gasteiger charge is -2.19. The lowest BCUT2D eigenvalue weighted by Crippen LogP contribution is -2.19. The molecular formula is C18H14F2O4. The van der Waals surface area contributed by atoms with Crippen LogP contribution in [0.15, 0.2) is 48.0 Å². The first-order chi connectivity index (χ1) is 11.6. The summed E-state index contributed by atoms with van der Waals surface area (Å²) in [4.78, 5) is 12.6. The summed E-state index contributed by atoms with van der Waals surface area (Å²) in [5.41, 5.74) is 1.60. The summed E-state index contributed by atoms with van der Waals surface area (Å²) in [5.74, 6) is 0.996. The number of hydrogen-bond acceptors (Lipinski definition) is 4. The van der Waals surface area contributed by atoms with E-state index in [4.69, 9.17) is 9.47 Å². The van der Waals surface area contributed by atoms with Gasteiger partial charge in [-0.3, -0.25) is 4.79 Å². The molecule has 0 amide bonds. The van der Waals surface area contributed by atoms with Crippen LogP contribution in [0.2, 0.25) is 0 Å². The molecule has 3 rings (SSSR count). The Bertz CT molecular complexity index is 782. The lowest BCUT2D eigenvalue weighted by atomic mass is 9.98. The van der Waals surface area contributed by atoms with E-state index < -0.39 is 6.61 Å². The highest BCUT2D eigenvalue weighted by Gasteiger charge is 2.23. The second kappa shape index (κ2) is 6.70. The minimum absolute atomic E-state index is 0.0634. The number of fused-ring (bicyclic) bond motifs is 1. The van der Waals surface area contributed by atoms with Crippen LogP contribution in [0.25, 0.3) is 6.08 Å². The van der Waals surface area contributed by atoms with E-state index >= 15 is 0 Å². The summed E-state index contributed by atoms with van der Waals surface area (Å²) in [7, 11) is 1.52. The molecule has 0 radical (unpaired) electrons. The summed E-state index contributed by atoms with van der Waals surface area (Å²) >= 11 is 0. The average molecular weight is 332 g/mol. The first-order valence-corrected chi connectivity index (χ1v) is 7.18. The van der Waals surface area contributed by atoms with E-state index in [1.807, 2.05) is 0 Å². The van der Waals surface area contributed by atoms with Crippen LogP contribution in [-0.4, -0.2) is 26.1 Å². The van der Waals surface area contributed by atoms with E-state index in [0.717, 1.165) is 0 Å². The van der Waals surface area contributed by atoms with E-state index in [0.29, 0.717) is 28.2 Å². The number of Topliss-reactive ketones (excluding diaryl/α,β-unsaturated/α-hetero) is 1. The van der Waals surface area contributed by atoms with Gasteiger partial charge in [-0.2, -0.15) is 8.78 Å². The van der Waals surface area contributed by atoms with Crippen LogP contribution in [0, 0.1) is 0 Å². The van der Waals surface area contributed by atoms with Gasteiger partial charge in [-0.05, 0) is 42.0 Å². The van der Waals surface area contributed by atoms with Gasteiger partial charge in [-0.25, -0.2) is 0 Å². The van der Waals surface area contributed by atoms with Crippen LogP contribution in [0.4, 0.5) is 8.78 Å². The fourth-order valence-corrected chi connectivity index (χ4v) is 2.39. The molecule has 2 aromatic rings. The predicted molar refractivity (Wildman–Crippen MR) is 83.9 cm³/mol. The molecule has 0 atom stereocenters. The molecule has 0 N–H and O–H groups in total. The van der Waals surface area contributed by atoms with E-state index in [-0.39, 0.29) is 18.1 Å². The highest BCUT2D eigenvalue weighted by Crippen LogP contribution is 2.31. The van der Waals surface area contributed by atoms with E-state index in [1.165, 1.54) is 19.2 Å². The molecule has 0 saturated carbocycles. The third-order valence-corrected chi connectivity index (χ3v) is 3.55. The van der Waals surface area contributed by atoms with E-state index in [1.54, 1.807) is 36.4 Å². The summed E-state index contributed by atoms with van der Waals surface area (Å²) in [5, 5.41) is 0. The first-order valence-electron chi connectivity index (χ1n) is 7.18. The topological polar surface area (TPSA) is 44.8 Å². The Balaban J connectivity index is 1.84. The number of ether oxygens (including phenoxy) is 3. The number of benzene rings is 2. The standard InChI is InChI=1S/C18H14F2O4/c1-22-14-6-7-16-15(9-14)17(21)12(10-23-16)8-11-2-4-13(5-3-11)24-18(19)20/h2-9,18H,10H2,1H3/b12-8+. The molecule has 0 saturated heterocycles. The van der Waals surface area contributed by atoms with Crippen LogP contribution in [0.5, 0.6) is 17.2 Å². The van der Waals surface area contributed by atoms with Crippen LogP contribution < -0.4 is 14.2 Å². The van der Waals surface area contributed by atoms with Gasteiger partial charge < -0.3 is 14.2 Å². The summed E-state index contributed by atoms with van der Waals surface area (Å²) in [6.45, 7) is -2.72. The second-order valence-electron chi connectivity index (χ2n) is 5.10. The molecule has 0 aliphatic carbocycles. The summed E-state index contributed by atoms with van der Waals surface area (Å²) in [6.07, 6.45) is 1.66. The van der Waals surface area contributed by atoms with Crippen molar-refractivity contribution in [3.63, 3.8) is 0 Å². The predicted octanol–water partition coefficient (Wildman–Crippen LogP) is 3.96. The van der Waals surface area contributed by atoms with Crippen molar-refractivity contribution in [2.24, 2.45) is 0 Å². The number of carbonyl (C=O) groups is 1. The molecule has 1 aliphatic heterocycles. The molecule has 0 spiro atoms. The third-order valence-electron chi connectivity index (χ3n) is 3.55. The second-order valence-corrected chi connectivity index (χ2v) is 5.10. The fraction of sp³-hybridized carbons (Fsp3) is 0.167. The molecule has 2 aromatic carbocycles. The Morgan fingerprint density at radius 1 is 1.12 bits per heavy atom.